The predicted molar refractivity (Wildman–Crippen MR) is 173 cm³/mol. The number of ether oxygens (including phenoxy) is 1. The number of hydrogen-bond donors (Lipinski definition) is 1. The van der Waals surface area contributed by atoms with Gasteiger partial charge in [0.25, 0.3) is 10.0 Å². The normalized spacial score (nSPS) is 12.0. The molecule has 0 saturated carbocycles. The summed E-state index contributed by atoms with van der Waals surface area (Å²) in [6.07, 6.45) is 0.207. The molecule has 4 aromatic rings. The molecule has 0 heterocycles. The quantitative estimate of drug-likeness (QED) is 0.210. The highest BCUT2D eigenvalue weighted by Gasteiger charge is 2.35. The zero-order valence-corrected chi connectivity index (χ0v) is 26.6. The first-order valence-corrected chi connectivity index (χ1v) is 16.0. The highest BCUT2D eigenvalue weighted by atomic mass is 32.2. The lowest BCUT2D eigenvalue weighted by atomic mass is 10.0. The number of aryl methyl sites for hydroxylation is 1. The second-order valence-electron chi connectivity index (χ2n) is 11.0. The van der Waals surface area contributed by atoms with E-state index >= 15 is 0 Å². The van der Waals surface area contributed by atoms with Crippen LogP contribution in [0.1, 0.15) is 30.5 Å². The standard InChI is InChI=1S/C35H38FN3O5S/c1-25(2)37-35(41)33(22-27-11-6-5-7-12-27)38(23-28-13-9-8-10-26(28)3)34(40)24-39(30-16-14-29(36)15-17-30)45(42,43)32-20-18-31(44-4)19-21-32/h5-21,25,33H,22-24H2,1-4H3,(H,37,41)/t33-/m1/s1. The van der Waals surface area contributed by atoms with E-state index in [0.717, 1.165) is 33.1 Å². The zero-order chi connectivity index (χ0) is 32.6. The number of carbonyl (C=O) groups is 2. The van der Waals surface area contributed by atoms with E-state index in [-0.39, 0.29) is 35.5 Å². The fraction of sp³-hybridized carbons (Fsp3) is 0.257. The molecule has 0 radical (unpaired) electrons. The van der Waals surface area contributed by atoms with Crippen LogP contribution in [0.2, 0.25) is 0 Å². The molecule has 45 heavy (non-hydrogen) atoms. The van der Waals surface area contributed by atoms with E-state index in [9.17, 15) is 22.4 Å². The van der Waals surface area contributed by atoms with Crippen LogP contribution in [0.3, 0.4) is 0 Å². The largest absolute Gasteiger partial charge is 0.497 e. The van der Waals surface area contributed by atoms with E-state index in [2.05, 4.69) is 5.32 Å². The molecule has 10 heteroatoms. The number of nitrogens with one attached hydrogen (secondary N) is 1. The maximum absolute atomic E-state index is 14.5. The first-order valence-electron chi connectivity index (χ1n) is 14.6. The molecule has 1 N–H and O–H groups in total. The molecule has 0 fully saturated rings. The van der Waals surface area contributed by atoms with Crippen molar-refractivity contribution in [2.75, 3.05) is 18.0 Å². The van der Waals surface area contributed by atoms with Crippen LogP contribution in [0, 0.1) is 12.7 Å². The molecular formula is C35H38FN3O5S. The summed E-state index contributed by atoms with van der Waals surface area (Å²) >= 11 is 0. The van der Waals surface area contributed by atoms with Crippen molar-refractivity contribution < 1.29 is 27.1 Å². The van der Waals surface area contributed by atoms with Crippen molar-refractivity contribution in [1.82, 2.24) is 10.2 Å². The van der Waals surface area contributed by atoms with Crippen molar-refractivity contribution in [1.29, 1.82) is 0 Å². The van der Waals surface area contributed by atoms with E-state index in [1.807, 2.05) is 75.4 Å². The second kappa shape index (κ2) is 14.9. The van der Waals surface area contributed by atoms with Gasteiger partial charge < -0.3 is 15.0 Å². The first-order chi connectivity index (χ1) is 21.5. The van der Waals surface area contributed by atoms with Gasteiger partial charge in [0.2, 0.25) is 11.8 Å². The third-order valence-corrected chi connectivity index (χ3v) is 9.13. The van der Waals surface area contributed by atoms with Crippen LogP contribution in [0.25, 0.3) is 0 Å². The SMILES string of the molecule is COc1ccc(S(=O)(=O)N(CC(=O)N(Cc2ccccc2C)[C@H](Cc2ccccc2)C(=O)NC(C)C)c2ccc(F)cc2)cc1. The Morgan fingerprint density at radius 2 is 1.49 bits per heavy atom. The summed E-state index contributed by atoms with van der Waals surface area (Å²) in [5, 5.41) is 2.94. The Labute approximate surface area is 264 Å². The van der Waals surface area contributed by atoms with Gasteiger partial charge in [-0.3, -0.25) is 13.9 Å². The van der Waals surface area contributed by atoms with Gasteiger partial charge in [-0.2, -0.15) is 0 Å². The number of halogens is 1. The van der Waals surface area contributed by atoms with Crippen LogP contribution < -0.4 is 14.4 Å². The van der Waals surface area contributed by atoms with Gasteiger partial charge in [-0.1, -0.05) is 54.6 Å². The minimum absolute atomic E-state index is 0.0639. The van der Waals surface area contributed by atoms with Crippen molar-refractivity contribution in [2.45, 2.75) is 50.7 Å². The third-order valence-electron chi connectivity index (χ3n) is 7.34. The lowest BCUT2D eigenvalue weighted by Crippen LogP contribution is -2.54. The molecule has 0 aliphatic carbocycles. The molecule has 0 aliphatic rings. The molecule has 0 saturated heterocycles. The van der Waals surface area contributed by atoms with Crippen LogP contribution in [-0.2, 0) is 32.6 Å². The monoisotopic (exact) mass is 631 g/mol. The number of carbonyl (C=O) groups excluding carboxylic acids is 2. The number of hydrogen-bond acceptors (Lipinski definition) is 5. The topological polar surface area (TPSA) is 96.0 Å². The molecule has 2 amide bonds. The van der Waals surface area contributed by atoms with Crippen molar-refractivity contribution in [3.63, 3.8) is 0 Å². The third kappa shape index (κ3) is 8.48. The van der Waals surface area contributed by atoms with Crippen LogP contribution in [0.5, 0.6) is 5.75 Å². The van der Waals surface area contributed by atoms with Crippen molar-refractivity contribution >= 4 is 27.5 Å². The average molecular weight is 632 g/mol. The number of sulfonamides is 1. The average Bonchev–Trinajstić information content (AvgIpc) is 3.03. The summed E-state index contributed by atoms with van der Waals surface area (Å²) in [7, 11) is -2.85. The van der Waals surface area contributed by atoms with Crippen LogP contribution in [0.4, 0.5) is 10.1 Å². The van der Waals surface area contributed by atoms with E-state index in [1.165, 1.54) is 48.4 Å². The van der Waals surface area contributed by atoms with Gasteiger partial charge in [0.15, 0.2) is 0 Å². The van der Waals surface area contributed by atoms with Crippen LogP contribution >= 0.6 is 0 Å². The van der Waals surface area contributed by atoms with Crippen molar-refractivity contribution in [3.8, 4) is 5.75 Å². The Bertz CT molecular complexity index is 1700. The van der Waals surface area contributed by atoms with Crippen molar-refractivity contribution in [2.24, 2.45) is 0 Å². The van der Waals surface area contributed by atoms with E-state index in [0.29, 0.717) is 5.75 Å². The summed E-state index contributed by atoms with van der Waals surface area (Å²) in [6, 6.07) is 26.4. The molecule has 0 aliphatic heterocycles. The maximum Gasteiger partial charge on any atom is 0.264 e. The Balaban J connectivity index is 1.81. The van der Waals surface area contributed by atoms with Gasteiger partial charge in [0, 0.05) is 19.0 Å². The molecule has 0 bridgehead atoms. The molecule has 4 aromatic carbocycles. The van der Waals surface area contributed by atoms with Crippen LogP contribution in [-0.4, -0.2) is 50.9 Å². The Morgan fingerprint density at radius 3 is 2.09 bits per heavy atom. The van der Waals surface area contributed by atoms with E-state index in [4.69, 9.17) is 4.74 Å². The van der Waals surface area contributed by atoms with Crippen LogP contribution in [0.15, 0.2) is 108 Å². The lowest BCUT2D eigenvalue weighted by molar-refractivity contribution is -0.140. The fourth-order valence-corrected chi connectivity index (χ4v) is 6.33. The smallest absolute Gasteiger partial charge is 0.264 e. The summed E-state index contributed by atoms with van der Waals surface area (Å²) in [6.45, 7) is 5.02. The Kier molecular flexibility index (Phi) is 11.0. The molecule has 4 rings (SSSR count). The lowest BCUT2D eigenvalue weighted by Gasteiger charge is -2.34. The van der Waals surface area contributed by atoms with Gasteiger partial charge in [0.05, 0.1) is 17.7 Å². The maximum atomic E-state index is 14.5. The number of amides is 2. The van der Waals surface area contributed by atoms with Gasteiger partial charge in [-0.05, 0) is 86.0 Å². The van der Waals surface area contributed by atoms with Gasteiger partial charge in [-0.15, -0.1) is 0 Å². The van der Waals surface area contributed by atoms with Gasteiger partial charge in [-0.25, -0.2) is 12.8 Å². The number of rotatable bonds is 13. The molecule has 0 spiro atoms. The highest BCUT2D eigenvalue weighted by Crippen LogP contribution is 2.27. The molecule has 236 valence electrons. The molecule has 8 nitrogen and oxygen atoms in total. The number of nitrogens with zero attached hydrogens (tertiary/aromatic N) is 2. The first kappa shape index (κ1) is 33.2. The summed E-state index contributed by atoms with van der Waals surface area (Å²) in [4.78, 5) is 29.6. The van der Waals surface area contributed by atoms with Crippen molar-refractivity contribution in [3.05, 3.63) is 126 Å². The predicted octanol–water partition coefficient (Wildman–Crippen LogP) is 5.50. The Morgan fingerprint density at radius 1 is 0.867 bits per heavy atom. The minimum atomic E-state index is -4.32. The van der Waals surface area contributed by atoms with Gasteiger partial charge >= 0.3 is 0 Å². The fourth-order valence-electron chi connectivity index (χ4n) is 4.92. The summed E-state index contributed by atoms with van der Waals surface area (Å²) in [5.41, 5.74) is 2.67. The zero-order valence-electron chi connectivity index (χ0n) is 25.8. The summed E-state index contributed by atoms with van der Waals surface area (Å²) in [5.74, 6) is -1.05. The minimum Gasteiger partial charge on any atom is -0.497 e. The highest BCUT2D eigenvalue weighted by molar-refractivity contribution is 7.92. The molecule has 0 unspecified atom stereocenters. The Hall–Kier alpha value is -4.70. The molecule has 1 atom stereocenters. The van der Waals surface area contributed by atoms with Gasteiger partial charge in [0.1, 0.15) is 24.2 Å². The second-order valence-corrected chi connectivity index (χ2v) is 12.8. The molecular weight excluding hydrogens is 593 g/mol. The molecule has 0 aromatic heterocycles. The van der Waals surface area contributed by atoms with E-state index in [1.54, 1.807) is 0 Å². The summed E-state index contributed by atoms with van der Waals surface area (Å²) < 4.78 is 48.2. The number of benzene rings is 4. The number of anilines is 1. The number of methoxy groups -OCH3 is 1. The van der Waals surface area contributed by atoms with E-state index < -0.39 is 34.3 Å².